The molecule has 0 saturated heterocycles. The molecule has 0 spiro atoms. The molecule has 0 fully saturated rings. The van der Waals surface area contributed by atoms with Crippen LogP contribution in [0.15, 0.2) is 0 Å². The summed E-state index contributed by atoms with van der Waals surface area (Å²) < 4.78 is -0.156. The van der Waals surface area contributed by atoms with Crippen molar-refractivity contribution in [3.05, 3.63) is 0 Å². The summed E-state index contributed by atoms with van der Waals surface area (Å²) >= 11 is 1.31. The molecule has 0 aromatic heterocycles. The second-order valence-electron chi connectivity index (χ2n) is 1.34. The number of nitrogens with one attached hydrogen (secondary N) is 1. The molecule has 4 heteroatoms. The minimum absolute atomic E-state index is 0.0260. The molecule has 1 amide bonds. The first kappa shape index (κ1) is 7.87. The van der Waals surface area contributed by atoms with Crippen LogP contribution in [0, 0.1) is 0 Å². The fourth-order valence-corrected chi connectivity index (χ4v) is 0.403. The third kappa shape index (κ3) is 5.87. The van der Waals surface area contributed by atoms with Crippen LogP contribution in [0.25, 0.3) is 0 Å². The van der Waals surface area contributed by atoms with Crippen molar-refractivity contribution >= 4 is 9.70 Å². The highest BCUT2D eigenvalue weighted by atomic mass is 127. The van der Waals surface area contributed by atoms with Gasteiger partial charge in [-0.1, -0.05) is 0 Å². The van der Waals surface area contributed by atoms with Crippen molar-refractivity contribution in [2.45, 2.75) is 6.92 Å². The Morgan fingerprint density at radius 2 is 2.12 bits per heavy atom. The Hall–Kier alpha value is -0.130. The quantitative estimate of drug-likeness (QED) is 0.304. The number of hydrogen-bond donors (Lipinski definition) is 1. The van der Waals surface area contributed by atoms with Gasteiger partial charge in [0.15, 0.2) is 0 Å². The molecule has 0 radical (unpaired) electrons. The predicted molar refractivity (Wildman–Crippen MR) is 25.5 cm³/mol. The van der Waals surface area contributed by atoms with E-state index in [1.165, 1.54) is 29.5 Å². The topological polar surface area (TPSA) is 46.2 Å². The lowest BCUT2D eigenvalue weighted by molar-refractivity contribution is -0.250. The van der Waals surface area contributed by atoms with Crippen molar-refractivity contribution in [1.29, 1.82) is 0 Å². The molecule has 0 aromatic carbocycles. The fraction of sp³-hybridized carbons (Fsp3) is 0.500. The summed E-state index contributed by atoms with van der Waals surface area (Å²) in [6.45, 7) is 1.58. The van der Waals surface area contributed by atoms with Gasteiger partial charge in [0.1, 0.15) is 5.78 Å². The summed E-state index contributed by atoms with van der Waals surface area (Å²) in [5, 5.41) is 2.36. The van der Waals surface area contributed by atoms with E-state index in [-0.39, 0.29) is 16.2 Å². The van der Waals surface area contributed by atoms with E-state index < -0.39 is 0 Å². The molecule has 46 valence electrons. The average Bonchev–Trinajstić information content (AvgIpc) is 1.61. The van der Waals surface area contributed by atoms with Crippen LogP contribution in [0.5, 0.6) is 0 Å². The monoisotopic (exact) mass is 228 g/mol. The van der Waals surface area contributed by atoms with Gasteiger partial charge in [-0.2, -0.15) is 0 Å². The Balaban J connectivity index is 3.18. The normalized spacial score (nSPS) is 8.25. The smallest absolute Gasteiger partial charge is 0.306 e. The van der Waals surface area contributed by atoms with Crippen LogP contribution < -0.4 is 27.9 Å². The van der Waals surface area contributed by atoms with E-state index in [4.69, 9.17) is 0 Å². The van der Waals surface area contributed by atoms with E-state index in [2.05, 4.69) is 5.32 Å². The molecule has 0 aliphatic heterocycles. The third-order valence-electron chi connectivity index (χ3n) is 0.482. The maximum Gasteiger partial charge on any atom is 0.456 e. The molecule has 1 N–H and O–H groups in total. The van der Waals surface area contributed by atoms with E-state index in [1.54, 1.807) is 0 Å². The lowest BCUT2D eigenvalue weighted by atomic mass is 10.5. The fourth-order valence-electron chi connectivity index (χ4n) is 0.197. The van der Waals surface area contributed by atoms with Crippen molar-refractivity contribution in [2.75, 3.05) is 6.54 Å². The number of Topliss-reactive ketones (excluding diaryl/α,β-unsaturated/α-hetero) is 1. The third-order valence-corrected chi connectivity index (χ3v) is 0.894. The largest absolute Gasteiger partial charge is 0.456 e. The molecular formula is C4H7INO2+. The molecule has 0 heterocycles. The molecule has 0 rings (SSSR count). The first-order chi connectivity index (χ1) is 3.63. The van der Waals surface area contributed by atoms with Crippen LogP contribution in [0.1, 0.15) is 6.92 Å². The average molecular weight is 228 g/mol. The summed E-state index contributed by atoms with van der Waals surface area (Å²) in [6, 6.07) is 0. The highest BCUT2D eigenvalue weighted by Crippen LogP contribution is 1.60. The van der Waals surface area contributed by atoms with E-state index in [9.17, 15) is 9.59 Å². The first-order valence-corrected chi connectivity index (χ1v) is 3.23. The van der Waals surface area contributed by atoms with Gasteiger partial charge in [-0.15, -0.1) is 0 Å². The zero-order chi connectivity index (χ0) is 6.57. The maximum atomic E-state index is 10.1. The molecule has 0 unspecified atom stereocenters. The van der Waals surface area contributed by atoms with Crippen molar-refractivity contribution in [2.24, 2.45) is 0 Å². The van der Waals surface area contributed by atoms with E-state index >= 15 is 0 Å². The van der Waals surface area contributed by atoms with Gasteiger partial charge in [0, 0.05) is 0 Å². The number of carbonyl (C=O) groups excluding carboxylic acids is 2. The lowest BCUT2D eigenvalue weighted by Crippen LogP contribution is -3.39. The first-order valence-electron chi connectivity index (χ1n) is 2.07. The molecule has 0 aliphatic rings. The summed E-state index contributed by atoms with van der Waals surface area (Å²) in [4.78, 5) is 20.2. The van der Waals surface area contributed by atoms with Crippen LogP contribution in [-0.2, 0) is 4.79 Å². The number of amides is 1. The lowest BCUT2D eigenvalue weighted by Gasteiger charge is -1.87. The van der Waals surface area contributed by atoms with Gasteiger partial charge in [0.2, 0.25) is 0 Å². The van der Waals surface area contributed by atoms with E-state index in [0.717, 1.165) is 0 Å². The zero-order valence-corrected chi connectivity index (χ0v) is 6.76. The highest BCUT2D eigenvalue weighted by molar-refractivity contribution is 5.80. The summed E-state index contributed by atoms with van der Waals surface area (Å²) in [6.07, 6.45) is 0. The molecule has 8 heavy (non-hydrogen) atoms. The Morgan fingerprint density at radius 1 is 1.62 bits per heavy atom. The molecule has 0 aromatic rings. The van der Waals surface area contributed by atoms with E-state index in [0.29, 0.717) is 0 Å². The number of ketones is 1. The molecule has 3 nitrogen and oxygen atoms in total. The molecule has 0 bridgehead atoms. The van der Waals surface area contributed by atoms with Gasteiger partial charge in [0.05, 0.1) is 6.54 Å². The van der Waals surface area contributed by atoms with Gasteiger partial charge < -0.3 is 5.32 Å². The standard InChI is InChI=1S/C4H6INO2/c1-3(7)2-6-4(5)8/h5H,2H2,1H3/p+1. The van der Waals surface area contributed by atoms with Crippen LogP contribution in [-0.4, -0.2) is 16.2 Å². The summed E-state index contributed by atoms with van der Waals surface area (Å²) in [5.74, 6) is -0.0260. The zero-order valence-electron chi connectivity index (χ0n) is 4.43. The van der Waals surface area contributed by atoms with Gasteiger partial charge in [0.25, 0.3) is 0 Å². The number of hydrogen-bond acceptors (Lipinski definition) is 2. The van der Waals surface area contributed by atoms with Crippen LogP contribution in [0.3, 0.4) is 0 Å². The van der Waals surface area contributed by atoms with Crippen LogP contribution >= 0.6 is 0 Å². The van der Waals surface area contributed by atoms with Crippen molar-refractivity contribution in [1.82, 2.24) is 5.32 Å². The number of rotatable bonds is 2. The molecule has 0 saturated carbocycles. The summed E-state index contributed by atoms with van der Waals surface area (Å²) in [5.41, 5.74) is 0. The molecule has 0 aliphatic carbocycles. The van der Waals surface area contributed by atoms with Crippen LogP contribution in [0.2, 0.25) is 0 Å². The Morgan fingerprint density at radius 3 is 2.25 bits per heavy atom. The predicted octanol–water partition coefficient (Wildman–Crippen LogP) is -3.43. The van der Waals surface area contributed by atoms with Gasteiger partial charge in [-0.05, 0) is 6.92 Å². The Kier molecular flexibility index (Phi) is 3.76. The Bertz CT molecular complexity index is 98.6. The minimum Gasteiger partial charge on any atom is -0.306 e. The Labute approximate surface area is 61.0 Å². The van der Waals surface area contributed by atoms with Crippen molar-refractivity contribution in [3.63, 3.8) is 0 Å². The van der Waals surface area contributed by atoms with Crippen LogP contribution in [0.4, 0.5) is 4.79 Å². The summed E-state index contributed by atoms with van der Waals surface area (Å²) in [7, 11) is 0. The van der Waals surface area contributed by atoms with Crippen molar-refractivity contribution < 1.29 is 32.2 Å². The van der Waals surface area contributed by atoms with E-state index in [1.807, 2.05) is 0 Å². The highest BCUT2D eigenvalue weighted by Gasteiger charge is 2.02. The minimum atomic E-state index is -0.156. The van der Waals surface area contributed by atoms with Crippen molar-refractivity contribution in [3.8, 4) is 0 Å². The van der Waals surface area contributed by atoms with Gasteiger partial charge in [-0.3, -0.25) is 4.79 Å². The van der Waals surface area contributed by atoms with Gasteiger partial charge >= 0.3 is 26.5 Å². The maximum absolute atomic E-state index is 10.1. The second kappa shape index (κ2) is 3.82. The molecule has 0 atom stereocenters. The second-order valence-corrected chi connectivity index (χ2v) is 2.40. The van der Waals surface area contributed by atoms with Gasteiger partial charge in [-0.25, -0.2) is 4.79 Å². The number of carbonyl (C=O) groups is 2. The molecular weight excluding hydrogens is 221 g/mol. The SMILES string of the molecule is CC(=O)CNC(=O)[IH+]. The number of halogens is 1.